The first-order valence-electron chi connectivity index (χ1n) is 10.8. The minimum atomic E-state index is -3.79. The van der Waals surface area contributed by atoms with Crippen LogP contribution in [0.4, 0.5) is 0 Å². The summed E-state index contributed by atoms with van der Waals surface area (Å²) in [6.07, 6.45) is 0. The minimum absolute atomic E-state index is 0.0892. The van der Waals surface area contributed by atoms with Gasteiger partial charge in [-0.1, -0.05) is 30.3 Å². The van der Waals surface area contributed by atoms with Crippen LogP contribution >= 0.6 is 0 Å². The van der Waals surface area contributed by atoms with Crippen LogP contribution in [-0.2, 0) is 21.4 Å². The smallest absolute Gasteiger partial charge is 0.241 e. The number of carbonyl (C=O) groups excluding carboxylic acids is 1. The van der Waals surface area contributed by atoms with Crippen LogP contribution in [0.3, 0.4) is 0 Å². The zero-order valence-corrected chi connectivity index (χ0v) is 19.5. The lowest BCUT2D eigenvalue weighted by atomic mass is 10.2. The molecule has 174 valence electrons. The van der Waals surface area contributed by atoms with Gasteiger partial charge in [-0.05, 0) is 36.8 Å². The molecule has 8 nitrogen and oxygen atoms in total. The highest BCUT2D eigenvalue weighted by atomic mass is 32.2. The predicted octanol–water partition coefficient (Wildman–Crippen LogP) is 1.30. The third-order valence-electron chi connectivity index (χ3n) is 5.54. The molecule has 3 rings (SSSR count). The molecule has 9 heteroatoms. The van der Waals surface area contributed by atoms with Crippen molar-refractivity contribution in [2.75, 3.05) is 46.4 Å². The Morgan fingerprint density at radius 1 is 1.00 bits per heavy atom. The SMILES string of the molecule is COc1ccc(S(=O)(=O)N[C@@H](C)C(=O)NCCN2CCN(Cc3ccccc3)CC2)cc1. The quantitative estimate of drug-likeness (QED) is 0.555. The number of rotatable bonds is 10. The van der Waals surface area contributed by atoms with Crippen LogP contribution in [0, 0.1) is 0 Å². The molecule has 0 bridgehead atoms. The predicted molar refractivity (Wildman–Crippen MR) is 124 cm³/mol. The molecule has 0 unspecified atom stereocenters. The van der Waals surface area contributed by atoms with E-state index in [1.165, 1.54) is 24.8 Å². The highest BCUT2D eigenvalue weighted by molar-refractivity contribution is 7.89. The van der Waals surface area contributed by atoms with Crippen LogP contribution in [0.25, 0.3) is 0 Å². The molecule has 2 aromatic carbocycles. The normalized spacial score (nSPS) is 16.4. The molecule has 1 fully saturated rings. The number of ether oxygens (including phenoxy) is 1. The Bertz CT molecular complexity index is 959. The van der Waals surface area contributed by atoms with E-state index in [0.29, 0.717) is 12.3 Å². The Morgan fingerprint density at radius 2 is 1.62 bits per heavy atom. The lowest BCUT2D eigenvalue weighted by Crippen LogP contribution is -2.50. The van der Waals surface area contributed by atoms with Crippen molar-refractivity contribution in [1.82, 2.24) is 19.8 Å². The molecular formula is C23H32N4O4S. The molecule has 1 aliphatic heterocycles. The fourth-order valence-corrected chi connectivity index (χ4v) is 4.82. The van der Waals surface area contributed by atoms with Crippen molar-refractivity contribution in [3.63, 3.8) is 0 Å². The summed E-state index contributed by atoms with van der Waals surface area (Å²) in [4.78, 5) is 17.2. The van der Waals surface area contributed by atoms with Gasteiger partial charge in [-0.15, -0.1) is 0 Å². The van der Waals surface area contributed by atoms with Gasteiger partial charge in [0.25, 0.3) is 0 Å². The second-order valence-electron chi connectivity index (χ2n) is 7.91. The highest BCUT2D eigenvalue weighted by Crippen LogP contribution is 2.15. The molecule has 1 saturated heterocycles. The zero-order valence-electron chi connectivity index (χ0n) is 18.7. The Kier molecular flexibility index (Phi) is 8.63. The molecule has 0 aliphatic carbocycles. The number of carbonyl (C=O) groups is 1. The van der Waals surface area contributed by atoms with Gasteiger partial charge >= 0.3 is 0 Å². The molecule has 0 spiro atoms. The Balaban J connectivity index is 1.37. The van der Waals surface area contributed by atoms with Gasteiger partial charge < -0.3 is 10.1 Å². The van der Waals surface area contributed by atoms with Gasteiger partial charge in [0, 0.05) is 45.8 Å². The van der Waals surface area contributed by atoms with Crippen molar-refractivity contribution in [3.05, 3.63) is 60.2 Å². The molecule has 0 aromatic heterocycles. The summed E-state index contributed by atoms with van der Waals surface area (Å²) in [5, 5.41) is 2.83. The van der Waals surface area contributed by atoms with Crippen molar-refractivity contribution < 1.29 is 17.9 Å². The molecule has 0 radical (unpaired) electrons. The summed E-state index contributed by atoms with van der Waals surface area (Å²) < 4.78 is 32.4. The maximum atomic E-state index is 12.5. The van der Waals surface area contributed by atoms with E-state index in [9.17, 15) is 13.2 Å². The number of benzene rings is 2. The van der Waals surface area contributed by atoms with Gasteiger partial charge in [-0.2, -0.15) is 4.72 Å². The molecule has 2 aromatic rings. The molecule has 1 heterocycles. The fourth-order valence-electron chi connectivity index (χ4n) is 3.61. The molecule has 2 N–H and O–H groups in total. The van der Waals surface area contributed by atoms with Crippen LogP contribution in [0.5, 0.6) is 5.75 Å². The molecule has 1 aliphatic rings. The monoisotopic (exact) mass is 460 g/mol. The number of methoxy groups -OCH3 is 1. The van der Waals surface area contributed by atoms with E-state index < -0.39 is 16.1 Å². The number of sulfonamides is 1. The van der Waals surface area contributed by atoms with Gasteiger partial charge in [0.1, 0.15) is 5.75 Å². The molecule has 1 amide bonds. The second kappa shape index (κ2) is 11.4. The lowest BCUT2D eigenvalue weighted by Gasteiger charge is -2.34. The first kappa shape index (κ1) is 24.2. The number of piperazine rings is 1. The number of amides is 1. The first-order valence-corrected chi connectivity index (χ1v) is 12.3. The van der Waals surface area contributed by atoms with Crippen LogP contribution in [-0.4, -0.2) is 76.5 Å². The summed E-state index contributed by atoms with van der Waals surface area (Å²) in [5.41, 5.74) is 1.32. The molecular weight excluding hydrogens is 428 g/mol. The van der Waals surface area contributed by atoms with E-state index in [0.717, 1.165) is 39.3 Å². The van der Waals surface area contributed by atoms with E-state index in [1.54, 1.807) is 19.1 Å². The lowest BCUT2D eigenvalue weighted by molar-refractivity contribution is -0.122. The molecule has 32 heavy (non-hydrogen) atoms. The van der Waals surface area contributed by atoms with E-state index in [2.05, 4.69) is 44.1 Å². The number of hydrogen-bond donors (Lipinski definition) is 2. The van der Waals surface area contributed by atoms with Gasteiger partial charge in [0.15, 0.2) is 0 Å². The third kappa shape index (κ3) is 7.03. The summed E-state index contributed by atoms with van der Waals surface area (Å²) in [5.74, 6) is 0.223. The zero-order chi connectivity index (χ0) is 23.0. The van der Waals surface area contributed by atoms with Crippen LogP contribution in [0.2, 0.25) is 0 Å². The van der Waals surface area contributed by atoms with Gasteiger partial charge in [-0.25, -0.2) is 8.42 Å². The standard InChI is InChI=1S/C23H32N4O4S/c1-19(25-32(29,30)22-10-8-21(31-2)9-11-22)23(28)24-12-13-26-14-16-27(17-15-26)18-20-6-4-3-5-7-20/h3-11,19,25H,12-18H2,1-2H3,(H,24,28)/t19-/m0/s1. The number of hydrogen-bond acceptors (Lipinski definition) is 6. The van der Waals surface area contributed by atoms with Crippen molar-refractivity contribution >= 4 is 15.9 Å². The van der Waals surface area contributed by atoms with Gasteiger partial charge in [-0.3, -0.25) is 14.6 Å². The summed E-state index contributed by atoms with van der Waals surface area (Å²) >= 11 is 0. The topological polar surface area (TPSA) is 91.0 Å². The van der Waals surface area contributed by atoms with E-state index in [4.69, 9.17) is 4.74 Å². The summed E-state index contributed by atoms with van der Waals surface area (Å²) in [7, 11) is -2.28. The first-order chi connectivity index (χ1) is 15.4. The van der Waals surface area contributed by atoms with E-state index in [1.807, 2.05) is 6.07 Å². The van der Waals surface area contributed by atoms with Crippen LogP contribution in [0.15, 0.2) is 59.5 Å². The number of nitrogens with zero attached hydrogens (tertiary/aromatic N) is 2. The van der Waals surface area contributed by atoms with Crippen molar-refractivity contribution in [3.8, 4) is 5.75 Å². The third-order valence-corrected chi connectivity index (χ3v) is 7.09. The van der Waals surface area contributed by atoms with Crippen LogP contribution < -0.4 is 14.8 Å². The summed E-state index contributed by atoms with van der Waals surface area (Å²) in [6.45, 7) is 7.58. The number of nitrogens with one attached hydrogen (secondary N) is 2. The second-order valence-corrected chi connectivity index (χ2v) is 9.63. The minimum Gasteiger partial charge on any atom is -0.497 e. The molecule has 0 saturated carbocycles. The summed E-state index contributed by atoms with van der Waals surface area (Å²) in [6, 6.07) is 15.6. The average Bonchev–Trinajstić information content (AvgIpc) is 2.80. The maximum Gasteiger partial charge on any atom is 0.241 e. The van der Waals surface area contributed by atoms with Gasteiger partial charge in [0.05, 0.1) is 18.0 Å². The molecule has 1 atom stereocenters. The fraction of sp³-hybridized carbons (Fsp3) is 0.435. The average molecular weight is 461 g/mol. The Morgan fingerprint density at radius 3 is 2.25 bits per heavy atom. The van der Waals surface area contributed by atoms with Crippen molar-refractivity contribution in [1.29, 1.82) is 0 Å². The van der Waals surface area contributed by atoms with Crippen molar-refractivity contribution in [2.24, 2.45) is 0 Å². The van der Waals surface area contributed by atoms with Gasteiger partial charge in [0.2, 0.25) is 15.9 Å². The largest absolute Gasteiger partial charge is 0.497 e. The van der Waals surface area contributed by atoms with Crippen LogP contribution in [0.1, 0.15) is 12.5 Å². The maximum absolute atomic E-state index is 12.5. The van der Waals surface area contributed by atoms with Crippen molar-refractivity contribution in [2.45, 2.75) is 24.4 Å². The van der Waals surface area contributed by atoms with E-state index in [-0.39, 0.29) is 10.8 Å². The Hall–Kier alpha value is -2.46. The van der Waals surface area contributed by atoms with E-state index >= 15 is 0 Å². The Labute approximate surface area is 190 Å². The highest BCUT2D eigenvalue weighted by Gasteiger charge is 2.22.